The van der Waals surface area contributed by atoms with Crippen LogP contribution in [0, 0.1) is 23.4 Å². The summed E-state index contributed by atoms with van der Waals surface area (Å²) in [6.07, 6.45) is 2.34. The normalized spacial score (nSPS) is 19.6. The van der Waals surface area contributed by atoms with E-state index in [0.717, 1.165) is 48.6 Å². The molecule has 0 aromatic heterocycles. The molecule has 1 amide bonds. The lowest BCUT2D eigenvalue weighted by Crippen LogP contribution is -2.45. The maximum absolute atomic E-state index is 13.3. The fourth-order valence-electron chi connectivity index (χ4n) is 3.41. The molecule has 2 aliphatic rings. The molecule has 0 radical (unpaired) electrons. The minimum atomic E-state index is -1.57. The van der Waals surface area contributed by atoms with Crippen LogP contribution in [0.15, 0.2) is 35.2 Å². The standard InChI is InChI=1S/C19H19F3N4OS/c20-13-8-12(9-14(21)17(13)22)24-19(27)11-1-2-15-16(7-11)28-26-18(25-15)10-3-5-23-6-4-10/h1-2,7-10,18,23,25-26H,3-6H2,(H,24,27). The summed E-state index contributed by atoms with van der Waals surface area (Å²) in [5, 5.41) is 9.21. The summed E-state index contributed by atoms with van der Waals surface area (Å²) in [7, 11) is 0. The third-order valence-corrected chi connectivity index (χ3v) is 5.88. The number of fused-ring (bicyclic) bond motifs is 1. The van der Waals surface area contributed by atoms with E-state index in [-0.39, 0.29) is 11.9 Å². The van der Waals surface area contributed by atoms with Crippen molar-refractivity contribution in [1.29, 1.82) is 0 Å². The molecular weight excluding hydrogens is 389 g/mol. The fraction of sp³-hybridized carbons (Fsp3) is 0.316. The topological polar surface area (TPSA) is 65.2 Å². The van der Waals surface area contributed by atoms with Crippen LogP contribution in [0.2, 0.25) is 0 Å². The van der Waals surface area contributed by atoms with Crippen LogP contribution < -0.4 is 20.7 Å². The molecule has 4 rings (SSSR count). The summed E-state index contributed by atoms with van der Waals surface area (Å²) in [5.41, 5.74) is 1.12. The SMILES string of the molecule is O=C(Nc1cc(F)c(F)c(F)c1)c1ccc2c(c1)SNC(C1CCNCC1)N2. The van der Waals surface area contributed by atoms with E-state index in [9.17, 15) is 18.0 Å². The van der Waals surface area contributed by atoms with Gasteiger partial charge < -0.3 is 16.0 Å². The summed E-state index contributed by atoms with van der Waals surface area (Å²) in [6.45, 7) is 2.01. The van der Waals surface area contributed by atoms with E-state index in [1.54, 1.807) is 12.1 Å². The first-order valence-corrected chi connectivity index (χ1v) is 9.82. The molecule has 1 fully saturated rings. The van der Waals surface area contributed by atoms with Crippen molar-refractivity contribution in [2.75, 3.05) is 23.7 Å². The first kappa shape index (κ1) is 19.1. The molecule has 5 nitrogen and oxygen atoms in total. The molecule has 28 heavy (non-hydrogen) atoms. The Morgan fingerprint density at radius 3 is 2.50 bits per heavy atom. The van der Waals surface area contributed by atoms with Crippen molar-refractivity contribution in [2.24, 2.45) is 5.92 Å². The molecular formula is C19H19F3N4OS. The second-order valence-electron chi connectivity index (χ2n) is 6.85. The second kappa shape index (κ2) is 8.02. The van der Waals surface area contributed by atoms with Crippen molar-refractivity contribution in [2.45, 2.75) is 23.9 Å². The minimum Gasteiger partial charge on any atom is -0.368 e. The second-order valence-corrected chi connectivity index (χ2v) is 7.73. The van der Waals surface area contributed by atoms with Gasteiger partial charge in [-0.3, -0.25) is 4.79 Å². The Morgan fingerprint density at radius 1 is 1.07 bits per heavy atom. The molecule has 2 aliphatic heterocycles. The van der Waals surface area contributed by atoms with Gasteiger partial charge in [-0.2, -0.15) is 0 Å². The molecule has 1 atom stereocenters. The van der Waals surface area contributed by atoms with Gasteiger partial charge in [-0.25, -0.2) is 17.9 Å². The predicted molar refractivity (Wildman–Crippen MR) is 103 cm³/mol. The maximum Gasteiger partial charge on any atom is 0.255 e. The Morgan fingerprint density at radius 2 is 1.79 bits per heavy atom. The minimum absolute atomic E-state index is 0.144. The van der Waals surface area contributed by atoms with Gasteiger partial charge >= 0.3 is 0 Å². The van der Waals surface area contributed by atoms with Crippen LogP contribution in [0.3, 0.4) is 0 Å². The van der Waals surface area contributed by atoms with Gasteiger partial charge in [-0.15, -0.1) is 0 Å². The smallest absolute Gasteiger partial charge is 0.255 e. The molecule has 0 saturated carbocycles. The van der Waals surface area contributed by atoms with Gasteiger partial charge in [0.25, 0.3) is 5.91 Å². The highest BCUT2D eigenvalue weighted by Crippen LogP contribution is 2.34. The summed E-state index contributed by atoms with van der Waals surface area (Å²) in [6, 6.07) is 6.65. The Balaban J connectivity index is 1.46. The third-order valence-electron chi connectivity index (χ3n) is 4.95. The number of carbonyl (C=O) groups excluding carboxylic acids is 1. The summed E-state index contributed by atoms with van der Waals surface area (Å²) in [5.74, 6) is -4.28. The van der Waals surface area contributed by atoms with Gasteiger partial charge in [0.05, 0.1) is 11.9 Å². The first-order valence-electron chi connectivity index (χ1n) is 9.01. The molecule has 9 heteroatoms. The Labute approximate surface area is 164 Å². The number of hydrogen-bond donors (Lipinski definition) is 4. The summed E-state index contributed by atoms with van der Waals surface area (Å²) >= 11 is 1.45. The van der Waals surface area contributed by atoms with Crippen LogP contribution >= 0.6 is 11.9 Å². The van der Waals surface area contributed by atoms with E-state index in [2.05, 4.69) is 20.7 Å². The van der Waals surface area contributed by atoms with Crippen molar-refractivity contribution < 1.29 is 18.0 Å². The average Bonchev–Trinajstić information content (AvgIpc) is 2.71. The van der Waals surface area contributed by atoms with Crippen LogP contribution in [0.25, 0.3) is 0 Å². The number of halogens is 3. The van der Waals surface area contributed by atoms with Crippen LogP contribution in [-0.2, 0) is 0 Å². The van der Waals surface area contributed by atoms with Crippen molar-refractivity contribution >= 4 is 29.2 Å². The highest BCUT2D eigenvalue weighted by atomic mass is 32.2. The van der Waals surface area contributed by atoms with E-state index in [1.165, 1.54) is 11.9 Å². The largest absolute Gasteiger partial charge is 0.368 e. The van der Waals surface area contributed by atoms with Gasteiger partial charge in [0.2, 0.25) is 0 Å². The first-order chi connectivity index (χ1) is 13.5. The zero-order valence-corrected chi connectivity index (χ0v) is 15.6. The van der Waals surface area contributed by atoms with E-state index in [0.29, 0.717) is 11.5 Å². The van der Waals surface area contributed by atoms with Crippen molar-refractivity contribution in [3.8, 4) is 0 Å². The molecule has 0 bridgehead atoms. The van der Waals surface area contributed by atoms with Crippen molar-refractivity contribution in [3.05, 3.63) is 53.3 Å². The quantitative estimate of drug-likeness (QED) is 0.461. The zero-order chi connectivity index (χ0) is 19.7. The van der Waals surface area contributed by atoms with Gasteiger partial charge in [0, 0.05) is 28.3 Å². The van der Waals surface area contributed by atoms with Gasteiger partial charge in [0.1, 0.15) is 0 Å². The van der Waals surface area contributed by atoms with Crippen molar-refractivity contribution in [1.82, 2.24) is 10.0 Å². The van der Waals surface area contributed by atoms with Crippen molar-refractivity contribution in [3.63, 3.8) is 0 Å². The number of nitrogens with one attached hydrogen (secondary N) is 4. The maximum atomic E-state index is 13.3. The molecule has 2 aromatic carbocycles. The lowest BCUT2D eigenvalue weighted by Gasteiger charge is -2.35. The summed E-state index contributed by atoms with van der Waals surface area (Å²) < 4.78 is 43.1. The lowest BCUT2D eigenvalue weighted by atomic mass is 9.95. The highest BCUT2D eigenvalue weighted by Gasteiger charge is 2.27. The summed E-state index contributed by atoms with van der Waals surface area (Å²) in [4.78, 5) is 13.3. The number of carbonyl (C=O) groups is 1. The molecule has 0 aliphatic carbocycles. The number of amides is 1. The van der Waals surface area contributed by atoms with E-state index in [1.807, 2.05) is 6.07 Å². The molecule has 2 aromatic rings. The molecule has 4 N–H and O–H groups in total. The van der Waals surface area contributed by atoms with Crippen LogP contribution in [0.4, 0.5) is 24.5 Å². The monoisotopic (exact) mass is 408 g/mol. The lowest BCUT2D eigenvalue weighted by molar-refractivity contribution is 0.102. The number of rotatable bonds is 3. The number of benzene rings is 2. The zero-order valence-electron chi connectivity index (χ0n) is 14.8. The third kappa shape index (κ3) is 3.96. The van der Waals surface area contributed by atoms with Crippen LogP contribution in [0.1, 0.15) is 23.2 Å². The molecule has 2 heterocycles. The number of hydrogen-bond acceptors (Lipinski definition) is 5. The van der Waals surface area contributed by atoms with Crippen LogP contribution in [-0.4, -0.2) is 25.2 Å². The van der Waals surface area contributed by atoms with Gasteiger partial charge in [-0.05, 0) is 62.0 Å². The van der Waals surface area contributed by atoms with Crippen LogP contribution in [0.5, 0.6) is 0 Å². The Kier molecular flexibility index (Phi) is 5.47. The van der Waals surface area contributed by atoms with Gasteiger partial charge in [-0.1, -0.05) is 0 Å². The molecule has 1 saturated heterocycles. The predicted octanol–water partition coefficient (Wildman–Crippen LogP) is 3.70. The van der Waals surface area contributed by atoms with E-state index in [4.69, 9.17) is 0 Å². The number of anilines is 2. The average molecular weight is 408 g/mol. The highest BCUT2D eigenvalue weighted by molar-refractivity contribution is 7.97. The molecule has 0 spiro atoms. The Hall–Kier alpha value is -2.23. The number of piperidine rings is 1. The fourth-order valence-corrected chi connectivity index (χ4v) is 4.34. The van der Waals surface area contributed by atoms with E-state index < -0.39 is 23.4 Å². The Bertz CT molecular complexity index is 882. The van der Waals surface area contributed by atoms with Gasteiger partial charge in [0.15, 0.2) is 17.5 Å². The molecule has 1 unspecified atom stereocenters. The molecule has 148 valence electrons. The van der Waals surface area contributed by atoms with E-state index >= 15 is 0 Å².